The van der Waals surface area contributed by atoms with Crippen molar-refractivity contribution in [2.45, 2.75) is 25.4 Å². The molecule has 8 heteroatoms. The van der Waals surface area contributed by atoms with Gasteiger partial charge in [0, 0.05) is 12.7 Å². The fourth-order valence-electron chi connectivity index (χ4n) is 2.24. The Morgan fingerprint density at radius 2 is 2.25 bits per heavy atom. The lowest BCUT2D eigenvalue weighted by Crippen LogP contribution is -2.42. The predicted octanol–water partition coefficient (Wildman–Crippen LogP) is -0.255. The average molecular weight is 281 g/mol. The quantitative estimate of drug-likeness (QED) is 0.763. The summed E-state index contributed by atoms with van der Waals surface area (Å²) in [6.45, 7) is 0.395. The zero-order valence-electron chi connectivity index (χ0n) is 11.0. The van der Waals surface area contributed by atoms with Gasteiger partial charge >= 0.3 is 11.9 Å². The highest BCUT2D eigenvalue weighted by Gasteiger charge is 2.34. The lowest BCUT2D eigenvalue weighted by atomic mass is 10.2. The Labute approximate surface area is 114 Å². The van der Waals surface area contributed by atoms with Gasteiger partial charge in [0.2, 0.25) is 5.91 Å². The second-order valence-corrected chi connectivity index (χ2v) is 4.50. The van der Waals surface area contributed by atoms with Crippen LogP contribution in [0, 0.1) is 0 Å². The zero-order valence-corrected chi connectivity index (χ0v) is 11.0. The average Bonchev–Trinajstić information content (AvgIpc) is 3.06. The van der Waals surface area contributed by atoms with Gasteiger partial charge in [0.15, 0.2) is 0 Å². The minimum absolute atomic E-state index is 0.0174. The molecule has 0 bridgehead atoms. The van der Waals surface area contributed by atoms with Crippen molar-refractivity contribution >= 4 is 17.8 Å². The molecule has 2 rings (SSSR count). The molecule has 1 aliphatic rings. The van der Waals surface area contributed by atoms with Crippen LogP contribution in [0.15, 0.2) is 12.4 Å². The molecule has 1 atom stereocenters. The van der Waals surface area contributed by atoms with E-state index in [9.17, 15) is 14.4 Å². The van der Waals surface area contributed by atoms with Gasteiger partial charge in [0.1, 0.15) is 12.6 Å². The Morgan fingerprint density at radius 1 is 1.50 bits per heavy atom. The monoisotopic (exact) mass is 281 g/mol. The summed E-state index contributed by atoms with van der Waals surface area (Å²) in [7, 11) is 1.29. The van der Waals surface area contributed by atoms with Crippen LogP contribution >= 0.6 is 0 Å². The minimum Gasteiger partial charge on any atom is -0.478 e. The number of carbonyl (C=O) groups is 3. The second-order valence-electron chi connectivity index (χ2n) is 4.50. The maximum Gasteiger partial charge on any atom is 0.338 e. The molecule has 1 unspecified atom stereocenters. The van der Waals surface area contributed by atoms with E-state index in [2.05, 4.69) is 9.84 Å². The van der Waals surface area contributed by atoms with Crippen LogP contribution in [-0.2, 0) is 20.9 Å². The Morgan fingerprint density at radius 3 is 2.85 bits per heavy atom. The molecule has 0 spiro atoms. The first kappa shape index (κ1) is 14.0. The van der Waals surface area contributed by atoms with E-state index in [0.717, 1.165) is 6.42 Å². The third-order valence-electron chi connectivity index (χ3n) is 3.22. The molecule has 1 aliphatic heterocycles. The first-order valence-corrected chi connectivity index (χ1v) is 6.16. The van der Waals surface area contributed by atoms with E-state index in [-0.39, 0.29) is 18.0 Å². The van der Waals surface area contributed by atoms with Gasteiger partial charge in [-0.3, -0.25) is 9.48 Å². The summed E-state index contributed by atoms with van der Waals surface area (Å²) in [5, 5.41) is 12.6. The summed E-state index contributed by atoms with van der Waals surface area (Å²) >= 11 is 0. The number of carboxylic acid groups (broad SMARTS) is 1. The van der Waals surface area contributed by atoms with E-state index in [1.54, 1.807) is 0 Å². The molecule has 1 aromatic heterocycles. The standard InChI is InChI=1S/C12H15N3O5/c1-20-12(19)9-3-2-4-15(9)10(16)7-14-6-8(5-13-14)11(17)18/h5-6,9H,2-4,7H2,1H3,(H,17,18). The van der Waals surface area contributed by atoms with Crippen LogP contribution in [0.2, 0.25) is 0 Å². The molecule has 2 heterocycles. The lowest BCUT2D eigenvalue weighted by Gasteiger charge is -2.22. The highest BCUT2D eigenvalue weighted by atomic mass is 16.5. The third-order valence-corrected chi connectivity index (χ3v) is 3.22. The number of aromatic nitrogens is 2. The van der Waals surface area contributed by atoms with Crippen LogP contribution in [-0.4, -0.2) is 57.3 Å². The van der Waals surface area contributed by atoms with Crippen molar-refractivity contribution < 1.29 is 24.2 Å². The van der Waals surface area contributed by atoms with Crippen LogP contribution in [0.1, 0.15) is 23.2 Å². The summed E-state index contributed by atoms with van der Waals surface area (Å²) in [5.74, 6) is -1.81. The molecular formula is C12H15N3O5. The summed E-state index contributed by atoms with van der Waals surface area (Å²) in [4.78, 5) is 35.9. The second kappa shape index (κ2) is 5.72. The maximum absolute atomic E-state index is 12.1. The molecule has 1 amide bonds. The number of aromatic carboxylic acids is 1. The lowest BCUT2D eigenvalue weighted by molar-refractivity contribution is -0.151. The van der Waals surface area contributed by atoms with Crippen molar-refractivity contribution in [1.82, 2.24) is 14.7 Å². The number of hydrogen-bond donors (Lipinski definition) is 1. The maximum atomic E-state index is 12.1. The summed E-state index contributed by atoms with van der Waals surface area (Å²) in [5.41, 5.74) is 0.0174. The highest BCUT2D eigenvalue weighted by Crippen LogP contribution is 2.18. The smallest absolute Gasteiger partial charge is 0.338 e. The molecule has 0 aromatic carbocycles. The summed E-state index contributed by atoms with van der Waals surface area (Å²) in [6.07, 6.45) is 3.78. The molecule has 0 radical (unpaired) electrons. The number of esters is 1. The van der Waals surface area contributed by atoms with E-state index < -0.39 is 18.0 Å². The van der Waals surface area contributed by atoms with Crippen molar-refractivity contribution in [3.05, 3.63) is 18.0 Å². The number of methoxy groups -OCH3 is 1. The van der Waals surface area contributed by atoms with Crippen molar-refractivity contribution in [3.63, 3.8) is 0 Å². The van der Waals surface area contributed by atoms with Crippen molar-refractivity contribution in [2.24, 2.45) is 0 Å². The summed E-state index contributed by atoms with van der Waals surface area (Å²) in [6, 6.07) is -0.554. The molecule has 8 nitrogen and oxygen atoms in total. The van der Waals surface area contributed by atoms with Crippen LogP contribution in [0.4, 0.5) is 0 Å². The van der Waals surface area contributed by atoms with Gasteiger partial charge in [-0.05, 0) is 12.8 Å². The Hall–Kier alpha value is -2.38. The Kier molecular flexibility index (Phi) is 4.02. The molecule has 1 aromatic rings. The van der Waals surface area contributed by atoms with Crippen molar-refractivity contribution in [3.8, 4) is 0 Å². The topological polar surface area (TPSA) is 102 Å². The molecular weight excluding hydrogens is 266 g/mol. The van der Waals surface area contributed by atoms with Crippen molar-refractivity contribution in [2.75, 3.05) is 13.7 Å². The predicted molar refractivity (Wildman–Crippen MR) is 65.9 cm³/mol. The fraction of sp³-hybridized carbons (Fsp3) is 0.500. The van der Waals surface area contributed by atoms with E-state index >= 15 is 0 Å². The largest absolute Gasteiger partial charge is 0.478 e. The number of likely N-dealkylation sites (tertiary alicyclic amines) is 1. The van der Waals surface area contributed by atoms with Gasteiger partial charge in [-0.2, -0.15) is 5.10 Å². The molecule has 20 heavy (non-hydrogen) atoms. The molecule has 108 valence electrons. The number of hydrogen-bond acceptors (Lipinski definition) is 5. The first-order chi connectivity index (χ1) is 9.52. The Bertz CT molecular complexity index is 539. The Balaban J connectivity index is 2.03. The number of carboxylic acids is 1. The summed E-state index contributed by atoms with van der Waals surface area (Å²) < 4.78 is 5.92. The molecule has 0 aliphatic carbocycles. The zero-order chi connectivity index (χ0) is 14.7. The van der Waals surface area contributed by atoms with Crippen LogP contribution in [0.5, 0.6) is 0 Å². The van der Waals surface area contributed by atoms with Crippen LogP contribution in [0.25, 0.3) is 0 Å². The van der Waals surface area contributed by atoms with Gasteiger partial charge < -0.3 is 14.7 Å². The number of nitrogens with zero attached hydrogens (tertiary/aromatic N) is 3. The van der Waals surface area contributed by atoms with Gasteiger partial charge in [-0.15, -0.1) is 0 Å². The number of rotatable bonds is 4. The number of ether oxygens (including phenoxy) is 1. The SMILES string of the molecule is COC(=O)C1CCCN1C(=O)Cn1cc(C(=O)O)cn1. The van der Waals surface area contributed by atoms with E-state index in [4.69, 9.17) is 5.11 Å². The first-order valence-electron chi connectivity index (χ1n) is 6.16. The molecule has 1 fully saturated rings. The van der Waals surface area contributed by atoms with Gasteiger partial charge in [-0.1, -0.05) is 0 Å². The van der Waals surface area contributed by atoms with E-state index in [1.165, 1.54) is 29.1 Å². The van der Waals surface area contributed by atoms with Crippen LogP contribution in [0.3, 0.4) is 0 Å². The van der Waals surface area contributed by atoms with Gasteiger partial charge in [0.25, 0.3) is 0 Å². The van der Waals surface area contributed by atoms with Gasteiger partial charge in [-0.25, -0.2) is 9.59 Å². The van der Waals surface area contributed by atoms with Crippen molar-refractivity contribution in [1.29, 1.82) is 0 Å². The highest BCUT2D eigenvalue weighted by molar-refractivity contribution is 5.87. The normalized spacial score (nSPS) is 18.1. The van der Waals surface area contributed by atoms with E-state index in [1.807, 2.05) is 0 Å². The minimum atomic E-state index is -1.10. The van der Waals surface area contributed by atoms with E-state index in [0.29, 0.717) is 13.0 Å². The number of amides is 1. The molecule has 1 saturated heterocycles. The fourth-order valence-corrected chi connectivity index (χ4v) is 2.24. The molecule has 0 saturated carbocycles. The molecule has 1 N–H and O–H groups in total. The van der Waals surface area contributed by atoms with Crippen LogP contribution < -0.4 is 0 Å². The van der Waals surface area contributed by atoms with Gasteiger partial charge in [0.05, 0.1) is 18.9 Å². The third kappa shape index (κ3) is 2.79. The number of carbonyl (C=O) groups excluding carboxylic acids is 2.